The maximum absolute atomic E-state index is 5.52. The summed E-state index contributed by atoms with van der Waals surface area (Å²) in [5.74, 6) is 0.610. The second-order valence-corrected chi connectivity index (χ2v) is 2.82. The van der Waals surface area contributed by atoms with E-state index in [9.17, 15) is 0 Å². The summed E-state index contributed by atoms with van der Waals surface area (Å²) in [6, 6.07) is 0.437. The van der Waals surface area contributed by atoms with Crippen molar-refractivity contribution < 1.29 is 0 Å². The van der Waals surface area contributed by atoms with Crippen LogP contribution in [0.25, 0.3) is 0 Å². The molecule has 0 aromatic heterocycles. The van der Waals surface area contributed by atoms with Crippen molar-refractivity contribution in [1.29, 1.82) is 0 Å². The Balaban J connectivity index is 3.40. The molecule has 0 saturated heterocycles. The Kier molecular flexibility index (Phi) is 5.58. The molecule has 3 heteroatoms. The highest BCUT2D eigenvalue weighted by molar-refractivity contribution is 4.69. The fraction of sp³-hybridized carbons (Fsp3) is 1.00. The average molecular weight is 145 g/mol. The molecule has 0 unspecified atom stereocenters. The van der Waals surface area contributed by atoms with Crippen molar-refractivity contribution in [3.05, 3.63) is 0 Å². The molecule has 0 saturated carbocycles. The minimum Gasteiger partial charge on any atom is -0.329 e. The number of nitrogens with one attached hydrogen (secondary N) is 2. The molecule has 10 heavy (non-hydrogen) atoms. The van der Waals surface area contributed by atoms with Gasteiger partial charge >= 0.3 is 0 Å². The lowest BCUT2D eigenvalue weighted by molar-refractivity contribution is 0.398. The molecule has 62 valence electrons. The molecule has 0 heterocycles. The third-order valence-corrected chi connectivity index (χ3v) is 1.60. The van der Waals surface area contributed by atoms with Crippen LogP contribution in [-0.4, -0.2) is 26.3 Å². The fourth-order valence-corrected chi connectivity index (χ4v) is 0.824. The van der Waals surface area contributed by atoms with Gasteiger partial charge in [-0.2, -0.15) is 0 Å². The molecule has 0 aliphatic carbocycles. The Hall–Kier alpha value is -0.120. The van der Waals surface area contributed by atoms with Crippen molar-refractivity contribution in [2.75, 3.05) is 20.3 Å². The third-order valence-electron chi connectivity index (χ3n) is 1.60. The zero-order chi connectivity index (χ0) is 7.98. The lowest BCUT2D eigenvalue weighted by Crippen LogP contribution is -2.43. The predicted octanol–water partition coefficient (Wildman–Crippen LogP) is -0.264. The highest BCUT2D eigenvalue weighted by Crippen LogP contribution is 1.97. The van der Waals surface area contributed by atoms with Crippen LogP contribution in [-0.2, 0) is 0 Å². The van der Waals surface area contributed by atoms with E-state index >= 15 is 0 Å². The summed E-state index contributed by atoms with van der Waals surface area (Å²) in [6.07, 6.45) is 0. The summed E-state index contributed by atoms with van der Waals surface area (Å²) in [5.41, 5.74) is 5.52. The molecule has 0 aliphatic rings. The van der Waals surface area contributed by atoms with Gasteiger partial charge in [-0.25, -0.2) is 0 Å². The van der Waals surface area contributed by atoms with Crippen molar-refractivity contribution in [2.45, 2.75) is 19.9 Å². The van der Waals surface area contributed by atoms with Crippen LogP contribution in [0.4, 0.5) is 0 Å². The smallest absolute Gasteiger partial charge is 0.0454 e. The predicted molar refractivity (Wildman–Crippen MR) is 44.7 cm³/mol. The van der Waals surface area contributed by atoms with Crippen LogP contribution in [0.5, 0.6) is 0 Å². The third kappa shape index (κ3) is 3.82. The molecule has 4 N–H and O–H groups in total. The van der Waals surface area contributed by atoms with Crippen LogP contribution in [0.2, 0.25) is 0 Å². The quantitative estimate of drug-likeness (QED) is 0.467. The molecule has 1 atom stereocenters. The molecule has 0 bridgehead atoms. The lowest BCUT2D eigenvalue weighted by atomic mass is 10.1. The topological polar surface area (TPSA) is 50.1 Å². The van der Waals surface area contributed by atoms with E-state index in [4.69, 9.17) is 5.73 Å². The van der Waals surface area contributed by atoms with Gasteiger partial charge in [-0.05, 0) is 13.0 Å². The summed E-state index contributed by atoms with van der Waals surface area (Å²) in [6.45, 7) is 5.87. The van der Waals surface area contributed by atoms with Crippen molar-refractivity contribution in [3.8, 4) is 0 Å². The minimum atomic E-state index is 0.437. The van der Waals surface area contributed by atoms with Gasteiger partial charge in [0.25, 0.3) is 0 Å². The second kappa shape index (κ2) is 5.65. The summed E-state index contributed by atoms with van der Waals surface area (Å²) in [5, 5.41) is 6.30. The first-order valence-corrected chi connectivity index (χ1v) is 3.80. The van der Waals surface area contributed by atoms with Gasteiger partial charge in [-0.1, -0.05) is 13.8 Å². The zero-order valence-corrected chi connectivity index (χ0v) is 7.15. The molecule has 0 aromatic rings. The maximum atomic E-state index is 5.52. The van der Waals surface area contributed by atoms with Gasteiger partial charge in [0.1, 0.15) is 0 Å². The van der Waals surface area contributed by atoms with E-state index in [-0.39, 0.29) is 0 Å². The largest absolute Gasteiger partial charge is 0.329 e. The van der Waals surface area contributed by atoms with E-state index in [2.05, 4.69) is 24.5 Å². The van der Waals surface area contributed by atoms with Gasteiger partial charge in [-0.15, -0.1) is 0 Å². The van der Waals surface area contributed by atoms with Gasteiger partial charge in [0.15, 0.2) is 0 Å². The summed E-state index contributed by atoms with van der Waals surface area (Å²) in [4.78, 5) is 0. The Morgan fingerprint density at radius 2 is 2.00 bits per heavy atom. The van der Waals surface area contributed by atoms with Crippen molar-refractivity contribution in [1.82, 2.24) is 10.6 Å². The van der Waals surface area contributed by atoms with E-state index in [1.807, 2.05) is 7.05 Å². The van der Waals surface area contributed by atoms with Crippen molar-refractivity contribution >= 4 is 0 Å². The highest BCUT2D eigenvalue weighted by atomic mass is 15.1. The minimum absolute atomic E-state index is 0.437. The van der Waals surface area contributed by atoms with Crippen molar-refractivity contribution in [3.63, 3.8) is 0 Å². The first kappa shape index (κ1) is 9.88. The zero-order valence-electron chi connectivity index (χ0n) is 7.15. The number of hydrogen-bond donors (Lipinski definition) is 3. The van der Waals surface area contributed by atoms with Crippen LogP contribution in [0.15, 0.2) is 0 Å². The van der Waals surface area contributed by atoms with Crippen LogP contribution in [0, 0.1) is 5.92 Å². The van der Waals surface area contributed by atoms with Crippen LogP contribution >= 0.6 is 0 Å². The molecule has 0 radical (unpaired) electrons. The van der Waals surface area contributed by atoms with E-state index in [1.165, 1.54) is 0 Å². The Bertz CT molecular complexity index is 73.3. The molecule has 0 aromatic carbocycles. The maximum Gasteiger partial charge on any atom is 0.0454 e. The summed E-state index contributed by atoms with van der Waals surface area (Å²) in [7, 11) is 1.92. The SMILES string of the molecule is CNCN[C@H](CN)C(C)C. The fourth-order valence-electron chi connectivity index (χ4n) is 0.824. The van der Waals surface area contributed by atoms with Crippen LogP contribution in [0.1, 0.15) is 13.8 Å². The van der Waals surface area contributed by atoms with Crippen molar-refractivity contribution in [2.24, 2.45) is 11.7 Å². The first-order chi connectivity index (χ1) is 4.72. The molecule has 0 rings (SSSR count). The molecular formula is C7H19N3. The van der Waals surface area contributed by atoms with Gasteiger partial charge in [0.05, 0.1) is 0 Å². The monoisotopic (exact) mass is 145 g/mol. The number of nitrogens with two attached hydrogens (primary N) is 1. The van der Waals surface area contributed by atoms with E-state index in [1.54, 1.807) is 0 Å². The Labute approximate surface area is 63.4 Å². The lowest BCUT2D eigenvalue weighted by Gasteiger charge is -2.19. The number of rotatable bonds is 5. The van der Waals surface area contributed by atoms with Gasteiger partial charge < -0.3 is 16.4 Å². The molecule has 0 amide bonds. The molecule has 0 fully saturated rings. The summed E-state index contributed by atoms with van der Waals surface area (Å²) >= 11 is 0. The standard InChI is InChI=1S/C7H19N3/c1-6(2)7(4-8)10-5-9-3/h6-7,9-10H,4-5,8H2,1-3H3/t7-/m1/s1. The first-order valence-electron chi connectivity index (χ1n) is 3.80. The molecular weight excluding hydrogens is 126 g/mol. The van der Waals surface area contributed by atoms with E-state index in [0.717, 1.165) is 6.67 Å². The Morgan fingerprint density at radius 1 is 1.40 bits per heavy atom. The second-order valence-electron chi connectivity index (χ2n) is 2.82. The van der Waals surface area contributed by atoms with Gasteiger partial charge in [0.2, 0.25) is 0 Å². The highest BCUT2D eigenvalue weighted by Gasteiger charge is 2.08. The molecule has 0 aliphatic heterocycles. The van der Waals surface area contributed by atoms with Gasteiger partial charge in [-0.3, -0.25) is 0 Å². The van der Waals surface area contributed by atoms with Crippen LogP contribution < -0.4 is 16.4 Å². The van der Waals surface area contributed by atoms with E-state index < -0.39 is 0 Å². The van der Waals surface area contributed by atoms with Crippen LogP contribution in [0.3, 0.4) is 0 Å². The normalized spacial score (nSPS) is 14.1. The summed E-state index contributed by atoms with van der Waals surface area (Å²) < 4.78 is 0. The average Bonchev–Trinajstić information content (AvgIpc) is 1.89. The number of hydrogen-bond acceptors (Lipinski definition) is 3. The molecule has 3 nitrogen and oxygen atoms in total. The van der Waals surface area contributed by atoms with E-state index in [0.29, 0.717) is 18.5 Å². The molecule has 0 spiro atoms. The Morgan fingerprint density at radius 3 is 2.30 bits per heavy atom. The van der Waals surface area contributed by atoms with Gasteiger partial charge in [0, 0.05) is 19.3 Å².